The van der Waals surface area contributed by atoms with Crippen LogP contribution in [0.1, 0.15) is 48.5 Å². The van der Waals surface area contributed by atoms with E-state index in [0.29, 0.717) is 0 Å². The predicted octanol–water partition coefficient (Wildman–Crippen LogP) is -0.383. The van der Waals surface area contributed by atoms with E-state index in [-0.39, 0.29) is 9.92 Å². The number of benzene rings is 1. The summed E-state index contributed by atoms with van der Waals surface area (Å²) in [5.41, 5.74) is 2.26. The van der Waals surface area contributed by atoms with Gasteiger partial charge in [-0.2, -0.15) is 0 Å². The summed E-state index contributed by atoms with van der Waals surface area (Å²) in [6.45, 7) is 5.84. The van der Waals surface area contributed by atoms with Crippen LogP contribution in [0.4, 0.5) is 0 Å². The molecular formula is C33H42ClN3O19S2. The van der Waals surface area contributed by atoms with Gasteiger partial charge >= 0.3 is 41.8 Å². The minimum Gasteiger partial charge on any atom is -0.463 e. The molecule has 0 amide bonds. The van der Waals surface area contributed by atoms with Crippen LogP contribution < -0.4 is 15.6 Å². The van der Waals surface area contributed by atoms with E-state index >= 15 is 0 Å². The summed E-state index contributed by atoms with van der Waals surface area (Å²) in [4.78, 5) is 87.9. The van der Waals surface area contributed by atoms with Crippen LogP contribution in [0, 0.1) is 0 Å². The first-order valence-electron chi connectivity index (χ1n) is 17.0. The molecule has 322 valence electrons. The highest BCUT2D eigenvalue weighted by Gasteiger charge is 2.57. The zero-order valence-corrected chi connectivity index (χ0v) is 34.3. The minimum atomic E-state index is -4.23. The fourth-order valence-electron chi connectivity index (χ4n) is 5.58. The third-order valence-electron chi connectivity index (χ3n) is 7.62. The number of hydrogen-bond donors (Lipinski definition) is 3. The number of sulfonamides is 1. The first-order chi connectivity index (χ1) is 27.1. The van der Waals surface area contributed by atoms with Crippen molar-refractivity contribution in [1.82, 2.24) is 15.6 Å². The number of carbonyl (C=O) groups excluding carboxylic acids is 7. The molecule has 0 saturated carbocycles. The molecule has 3 N–H and O–H groups in total. The summed E-state index contributed by atoms with van der Waals surface area (Å²) in [7, 11) is -4.23. The average molecular weight is 884 g/mol. The lowest BCUT2D eigenvalue weighted by atomic mass is 9.95. The maximum absolute atomic E-state index is 12.9. The molecule has 1 aromatic rings. The first kappa shape index (κ1) is 47.7. The van der Waals surface area contributed by atoms with Crippen molar-refractivity contribution < 1.29 is 89.3 Å². The number of hydrogen-bond acceptors (Lipinski definition) is 20. The van der Waals surface area contributed by atoms with Gasteiger partial charge < -0.3 is 52.7 Å². The number of hydrazine groups is 1. The molecule has 2 saturated heterocycles. The highest BCUT2D eigenvalue weighted by Crippen LogP contribution is 2.35. The monoisotopic (exact) mass is 883 g/mol. The molecule has 2 aliphatic heterocycles. The molecule has 1 aromatic carbocycles. The van der Waals surface area contributed by atoms with Crippen LogP contribution in [-0.2, 0) is 91.0 Å². The van der Waals surface area contributed by atoms with Gasteiger partial charge in [-0.1, -0.05) is 11.6 Å². The molecule has 2 fully saturated rings. The highest BCUT2D eigenvalue weighted by molar-refractivity contribution is 7.89. The van der Waals surface area contributed by atoms with Crippen molar-refractivity contribution in [2.45, 2.75) is 115 Å². The van der Waals surface area contributed by atoms with Crippen LogP contribution in [0.2, 0.25) is 5.02 Å². The van der Waals surface area contributed by atoms with E-state index in [1.807, 2.05) is 4.83 Å². The number of esters is 7. The lowest BCUT2D eigenvalue weighted by Gasteiger charge is -2.49. The van der Waals surface area contributed by atoms with E-state index < -0.39 is 131 Å². The van der Waals surface area contributed by atoms with Crippen molar-refractivity contribution >= 4 is 80.7 Å². The topological polar surface area (TPSA) is 282 Å². The van der Waals surface area contributed by atoms with Gasteiger partial charge in [-0.15, -0.1) is 4.83 Å². The Morgan fingerprint density at radius 1 is 0.621 bits per heavy atom. The van der Waals surface area contributed by atoms with Crippen molar-refractivity contribution in [1.29, 1.82) is 0 Å². The summed E-state index contributed by atoms with van der Waals surface area (Å²) < 4.78 is 81.9. The Morgan fingerprint density at radius 3 is 1.53 bits per heavy atom. The third-order valence-corrected chi connectivity index (χ3v) is 9.36. The molecule has 2 aliphatic rings. The lowest BCUT2D eigenvalue weighted by molar-refractivity contribution is -0.345. The fourth-order valence-corrected chi connectivity index (χ4v) is 6.79. The fraction of sp³-hybridized carbons (Fsp3) is 0.576. The number of thiocarbonyl (C=S) groups is 1. The van der Waals surface area contributed by atoms with Crippen LogP contribution in [0.15, 0.2) is 29.2 Å². The summed E-state index contributed by atoms with van der Waals surface area (Å²) in [5.74, 6) is -6.35. The van der Waals surface area contributed by atoms with E-state index in [1.54, 1.807) is 0 Å². The number of halogens is 1. The predicted molar refractivity (Wildman–Crippen MR) is 194 cm³/mol. The van der Waals surface area contributed by atoms with Crippen molar-refractivity contribution in [3.8, 4) is 0 Å². The Balaban J connectivity index is 2.09. The van der Waals surface area contributed by atoms with Gasteiger partial charge in [-0.25, -0.2) is 8.42 Å². The van der Waals surface area contributed by atoms with Crippen molar-refractivity contribution in [3.05, 3.63) is 29.3 Å². The second-order valence-electron chi connectivity index (χ2n) is 12.4. The lowest BCUT2D eigenvalue weighted by Crippen LogP contribution is -2.69. The smallest absolute Gasteiger partial charge is 0.303 e. The summed E-state index contributed by atoms with van der Waals surface area (Å²) in [6, 6.07) is 5.12. The molecule has 3 rings (SSSR count). The molecule has 22 nitrogen and oxygen atoms in total. The normalized spacial score (nSPS) is 26.8. The van der Waals surface area contributed by atoms with Crippen molar-refractivity contribution in [2.24, 2.45) is 0 Å². The summed E-state index contributed by atoms with van der Waals surface area (Å²) in [6.07, 6.45) is -16.7. The standard InChI is InChI=1S/C33H42ClN3O19S2/c1-14(38)47-12-23-26(56-32-30(53-20(7)44)28(51-18(5)42)25(49-16(3)40)24(55-32)13-48-15(2)39)27(50-17(4)41)29(52-19(6)43)31(54-23)35-33(57)36-37-58(45,46)22-10-8-21(34)9-11-22/h8-11,23-32,37H,12-13H2,1-7H3,(H2,35,36,57)/t23-,24-,25-,26-,27+,28+,29-,30-,31?,32-/m1/s1. The number of ether oxygens (including phenoxy) is 10. The molecular weight excluding hydrogens is 842 g/mol. The molecule has 0 bridgehead atoms. The van der Waals surface area contributed by atoms with E-state index in [4.69, 9.17) is 71.2 Å². The zero-order valence-electron chi connectivity index (χ0n) is 31.9. The quantitative estimate of drug-likeness (QED) is 0.0876. The molecule has 0 aromatic heterocycles. The molecule has 0 aliphatic carbocycles. The average Bonchev–Trinajstić information content (AvgIpc) is 3.09. The largest absolute Gasteiger partial charge is 0.463 e. The molecule has 58 heavy (non-hydrogen) atoms. The van der Waals surface area contributed by atoms with Gasteiger partial charge in [0.1, 0.15) is 31.5 Å². The van der Waals surface area contributed by atoms with Crippen LogP contribution >= 0.6 is 23.8 Å². The molecule has 0 radical (unpaired) electrons. The van der Waals surface area contributed by atoms with Crippen LogP contribution in [0.5, 0.6) is 0 Å². The van der Waals surface area contributed by atoms with E-state index in [9.17, 15) is 42.0 Å². The molecule has 1 unspecified atom stereocenters. The van der Waals surface area contributed by atoms with Gasteiger partial charge in [0.15, 0.2) is 48.2 Å². The van der Waals surface area contributed by atoms with Gasteiger partial charge in [-0.05, 0) is 36.5 Å². The number of nitrogens with one attached hydrogen (secondary N) is 3. The Bertz CT molecular complexity index is 1820. The number of carbonyl (C=O) groups is 7. The second-order valence-corrected chi connectivity index (χ2v) is 14.9. The first-order valence-corrected chi connectivity index (χ1v) is 19.3. The SMILES string of the molecule is CC(=O)OC[C@H]1O[C@H](O[C@H]2[C@H](OC(C)=O)[C@@H](OC(C)=O)C(NC(=S)NNS(=O)(=O)c3ccc(Cl)cc3)O[C@@H]2COC(C)=O)[C@H](OC(C)=O)[C@@H](OC(C)=O)[C@@H]1OC(C)=O. The molecule has 0 spiro atoms. The molecule has 2 heterocycles. The Morgan fingerprint density at radius 2 is 1.05 bits per heavy atom. The highest BCUT2D eigenvalue weighted by atomic mass is 35.5. The second kappa shape index (κ2) is 21.3. The van der Waals surface area contributed by atoms with Crippen molar-refractivity contribution in [3.63, 3.8) is 0 Å². The van der Waals surface area contributed by atoms with Gasteiger partial charge in [0.25, 0.3) is 10.0 Å². The number of rotatable bonds is 15. The van der Waals surface area contributed by atoms with Gasteiger partial charge in [0.05, 0.1) is 4.90 Å². The molecule has 25 heteroatoms. The van der Waals surface area contributed by atoms with Gasteiger partial charge in [0, 0.05) is 53.5 Å². The van der Waals surface area contributed by atoms with Crippen LogP contribution in [0.25, 0.3) is 0 Å². The van der Waals surface area contributed by atoms with Gasteiger partial charge in [0.2, 0.25) is 0 Å². The maximum atomic E-state index is 12.9. The third kappa shape index (κ3) is 14.3. The minimum absolute atomic E-state index is 0.197. The Kier molecular flexibility index (Phi) is 17.5. The van der Waals surface area contributed by atoms with Crippen molar-refractivity contribution in [2.75, 3.05) is 13.2 Å². The van der Waals surface area contributed by atoms with Crippen LogP contribution in [0.3, 0.4) is 0 Å². The maximum Gasteiger partial charge on any atom is 0.303 e. The Hall–Kier alpha value is -4.72. The summed E-state index contributed by atoms with van der Waals surface area (Å²) >= 11 is 11.1. The Labute approximate surface area is 342 Å². The van der Waals surface area contributed by atoms with Crippen LogP contribution in [-0.4, -0.2) is 130 Å². The van der Waals surface area contributed by atoms with E-state index in [0.717, 1.165) is 48.5 Å². The van der Waals surface area contributed by atoms with E-state index in [2.05, 4.69) is 10.7 Å². The summed E-state index contributed by atoms with van der Waals surface area (Å²) in [5, 5.41) is 2.41. The van der Waals surface area contributed by atoms with E-state index in [1.165, 1.54) is 24.3 Å². The van der Waals surface area contributed by atoms with Gasteiger partial charge in [-0.3, -0.25) is 39.0 Å². The zero-order chi connectivity index (χ0) is 43.5. The molecule has 10 atom stereocenters.